The highest BCUT2D eigenvalue weighted by molar-refractivity contribution is 7.13. The second-order valence-electron chi connectivity index (χ2n) is 9.67. The maximum Gasteiger partial charge on any atom is 0.275 e. The van der Waals surface area contributed by atoms with Crippen LogP contribution in [0.5, 0.6) is 0 Å². The van der Waals surface area contributed by atoms with E-state index in [1.54, 1.807) is 17.8 Å². The first-order valence-electron chi connectivity index (χ1n) is 12.9. The predicted molar refractivity (Wildman–Crippen MR) is 156 cm³/mol. The SMILES string of the molecule is CN1CCN(c2ccc(-c3ccc4cnn(C(C(=O)Nc5nccs5)c5ccccc5)c(=O)c4c3)cc2)CC1. The Morgan fingerprint density at radius 1 is 0.949 bits per heavy atom. The molecule has 1 N–H and O–H groups in total. The number of benzene rings is 3. The molecule has 39 heavy (non-hydrogen) atoms. The van der Waals surface area contributed by atoms with Crippen LogP contribution in [-0.4, -0.2) is 58.8 Å². The lowest BCUT2D eigenvalue weighted by molar-refractivity contribution is -0.118. The molecule has 1 fully saturated rings. The summed E-state index contributed by atoms with van der Waals surface area (Å²) in [5.74, 6) is -0.374. The van der Waals surface area contributed by atoms with Gasteiger partial charge in [0.15, 0.2) is 11.2 Å². The van der Waals surface area contributed by atoms with Gasteiger partial charge in [-0.05, 0) is 41.9 Å². The number of aromatic nitrogens is 3. The van der Waals surface area contributed by atoms with Gasteiger partial charge in [0, 0.05) is 48.8 Å². The van der Waals surface area contributed by atoms with Crippen LogP contribution in [0.3, 0.4) is 0 Å². The Bertz CT molecular complexity index is 1640. The summed E-state index contributed by atoms with van der Waals surface area (Å²) in [5, 5.41) is 10.7. The van der Waals surface area contributed by atoms with Crippen LogP contribution in [0, 0.1) is 0 Å². The molecule has 0 bridgehead atoms. The standard InChI is InChI=1S/C30H28N6O2S/c1-34-14-16-35(17-15-34)25-11-9-21(10-12-25)23-7-8-24-20-32-36(29(38)26(24)19-23)27(22-5-3-2-4-6-22)28(37)33-30-31-13-18-39-30/h2-13,18-20,27H,14-17H2,1H3,(H,31,33,37). The molecule has 1 amide bonds. The van der Waals surface area contributed by atoms with E-state index in [0.717, 1.165) is 42.7 Å². The highest BCUT2D eigenvalue weighted by Gasteiger charge is 2.26. The van der Waals surface area contributed by atoms with E-state index >= 15 is 0 Å². The highest BCUT2D eigenvalue weighted by Crippen LogP contribution is 2.27. The average molecular weight is 537 g/mol. The number of carbonyl (C=O) groups is 1. The maximum atomic E-state index is 13.8. The number of nitrogens with one attached hydrogen (secondary N) is 1. The Morgan fingerprint density at radius 2 is 1.69 bits per heavy atom. The molecule has 6 rings (SSSR count). The van der Waals surface area contributed by atoms with Crippen molar-refractivity contribution in [2.24, 2.45) is 0 Å². The molecule has 5 aromatic rings. The van der Waals surface area contributed by atoms with Gasteiger partial charge in [0.1, 0.15) is 0 Å². The van der Waals surface area contributed by atoms with Gasteiger partial charge in [-0.2, -0.15) is 5.10 Å². The van der Waals surface area contributed by atoms with Crippen LogP contribution in [0.25, 0.3) is 21.9 Å². The maximum absolute atomic E-state index is 13.8. The van der Waals surface area contributed by atoms with Gasteiger partial charge in [0.05, 0.1) is 11.6 Å². The number of hydrogen-bond donors (Lipinski definition) is 1. The molecule has 8 nitrogen and oxygen atoms in total. The van der Waals surface area contributed by atoms with Crippen molar-refractivity contribution >= 4 is 38.8 Å². The Kier molecular flexibility index (Phi) is 6.91. The number of nitrogens with zero attached hydrogens (tertiary/aromatic N) is 5. The Labute approximate surface area is 230 Å². The van der Waals surface area contributed by atoms with Crippen LogP contribution < -0.4 is 15.8 Å². The zero-order chi connectivity index (χ0) is 26.8. The molecular formula is C30H28N6O2S. The Balaban J connectivity index is 1.35. The first-order chi connectivity index (χ1) is 19.1. The van der Waals surface area contributed by atoms with E-state index in [1.807, 2.05) is 48.5 Å². The summed E-state index contributed by atoms with van der Waals surface area (Å²) in [4.78, 5) is 36.1. The van der Waals surface area contributed by atoms with E-state index in [0.29, 0.717) is 16.1 Å². The third-order valence-corrected chi connectivity index (χ3v) is 7.84. The van der Waals surface area contributed by atoms with Crippen molar-refractivity contribution in [1.29, 1.82) is 0 Å². The van der Waals surface area contributed by atoms with Crippen LogP contribution in [0.15, 0.2) is 95.4 Å². The summed E-state index contributed by atoms with van der Waals surface area (Å²) in [6.07, 6.45) is 3.26. The van der Waals surface area contributed by atoms with Crippen molar-refractivity contribution in [1.82, 2.24) is 19.7 Å². The number of piperazine rings is 1. The van der Waals surface area contributed by atoms with Crippen LogP contribution in [0.1, 0.15) is 11.6 Å². The first-order valence-corrected chi connectivity index (χ1v) is 13.8. The molecule has 0 radical (unpaired) electrons. The second-order valence-corrected chi connectivity index (χ2v) is 10.6. The summed E-state index contributed by atoms with van der Waals surface area (Å²) in [6.45, 7) is 4.13. The van der Waals surface area contributed by atoms with Crippen molar-refractivity contribution in [3.8, 4) is 11.1 Å². The van der Waals surface area contributed by atoms with Crippen molar-refractivity contribution < 1.29 is 4.79 Å². The number of hydrogen-bond acceptors (Lipinski definition) is 7. The van der Waals surface area contributed by atoms with Gasteiger partial charge in [0.2, 0.25) is 0 Å². The molecule has 0 aliphatic carbocycles. The van der Waals surface area contributed by atoms with E-state index < -0.39 is 6.04 Å². The van der Waals surface area contributed by atoms with Crippen LogP contribution >= 0.6 is 11.3 Å². The number of carbonyl (C=O) groups excluding carboxylic acids is 1. The second kappa shape index (κ2) is 10.8. The van der Waals surface area contributed by atoms with Gasteiger partial charge < -0.3 is 9.80 Å². The number of anilines is 2. The summed E-state index contributed by atoms with van der Waals surface area (Å²) in [6, 6.07) is 22.5. The fourth-order valence-corrected chi connectivity index (χ4v) is 5.48. The normalized spacial score (nSPS) is 14.8. The van der Waals surface area contributed by atoms with E-state index in [1.165, 1.54) is 21.7 Å². The van der Waals surface area contributed by atoms with E-state index in [4.69, 9.17) is 0 Å². The molecule has 3 heterocycles. The number of thiazole rings is 1. The molecule has 0 spiro atoms. The molecule has 3 aromatic carbocycles. The van der Waals surface area contributed by atoms with E-state index in [2.05, 4.69) is 56.5 Å². The van der Waals surface area contributed by atoms with Crippen molar-refractivity contribution in [2.75, 3.05) is 43.4 Å². The molecule has 0 saturated carbocycles. The zero-order valence-corrected chi connectivity index (χ0v) is 22.3. The molecule has 1 atom stereocenters. The fraction of sp³-hybridized carbons (Fsp3) is 0.200. The van der Waals surface area contributed by atoms with Gasteiger partial charge in [-0.1, -0.05) is 54.6 Å². The number of fused-ring (bicyclic) bond motifs is 1. The summed E-state index contributed by atoms with van der Waals surface area (Å²) < 4.78 is 1.26. The number of amides is 1. The molecular weight excluding hydrogens is 508 g/mol. The third-order valence-electron chi connectivity index (χ3n) is 7.15. The number of rotatable bonds is 6. The summed E-state index contributed by atoms with van der Waals surface area (Å²) >= 11 is 1.32. The molecule has 2 aromatic heterocycles. The van der Waals surface area contributed by atoms with Gasteiger partial charge in [0.25, 0.3) is 11.5 Å². The monoisotopic (exact) mass is 536 g/mol. The van der Waals surface area contributed by atoms with Crippen molar-refractivity contribution in [3.63, 3.8) is 0 Å². The summed E-state index contributed by atoms with van der Waals surface area (Å²) in [5.41, 5.74) is 3.50. The lowest BCUT2D eigenvalue weighted by atomic mass is 10.0. The minimum atomic E-state index is -0.946. The van der Waals surface area contributed by atoms with Gasteiger partial charge in [-0.15, -0.1) is 11.3 Å². The van der Waals surface area contributed by atoms with E-state index in [-0.39, 0.29) is 11.5 Å². The van der Waals surface area contributed by atoms with Crippen molar-refractivity contribution in [2.45, 2.75) is 6.04 Å². The van der Waals surface area contributed by atoms with Gasteiger partial charge in [-0.25, -0.2) is 9.67 Å². The largest absolute Gasteiger partial charge is 0.369 e. The molecule has 196 valence electrons. The lowest BCUT2D eigenvalue weighted by Crippen LogP contribution is -2.44. The fourth-order valence-electron chi connectivity index (χ4n) is 4.95. The Hall–Kier alpha value is -4.34. The smallest absolute Gasteiger partial charge is 0.275 e. The number of likely N-dealkylation sites (N-methyl/N-ethyl adjacent to an activating group) is 1. The van der Waals surface area contributed by atoms with Crippen LogP contribution in [0.4, 0.5) is 10.8 Å². The lowest BCUT2D eigenvalue weighted by Gasteiger charge is -2.34. The minimum absolute atomic E-state index is 0.327. The zero-order valence-electron chi connectivity index (χ0n) is 21.5. The van der Waals surface area contributed by atoms with Crippen molar-refractivity contribution in [3.05, 3.63) is 106 Å². The Morgan fingerprint density at radius 3 is 2.41 bits per heavy atom. The first kappa shape index (κ1) is 25.0. The van der Waals surface area contributed by atoms with Crippen LogP contribution in [-0.2, 0) is 4.79 Å². The predicted octanol–water partition coefficient (Wildman–Crippen LogP) is 4.50. The summed E-state index contributed by atoms with van der Waals surface area (Å²) in [7, 11) is 2.15. The quantitative estimate of drug-likeness (QED) is 0.344. The molecule has 1 aliphatic rings. The molecule has 9 heteroatoms. The topological polar surface area (TPSA) is 83.4 Å². The highest BCUT2D eigenvalue weighted by atomic mass is 32.1. The minimum Gasteiger partial charge on any atom is -0.369 e. The average Bonchev–Trinajstić information content (AvgIpc) is 3.48. The third kappa shape index (κ3) is 5.19. The molecule has 1 aliphatic heterocycles. The molecule has 1 unspecified atom stereocenters. The molecule has 1 saturated heterocycles. The van der Waals surface area contributed by atoms with E-state index in [9.17, 15) is 9.59 Å². The van der Waals surface area contributed by atoms with Gasteiger partial charge >= 0.3 is 0 Å². The van der Waals surface area contributed by atoms with Crippen LogP contribution in [0.2, 0.25) is 0 Å². The van der Waals surface area contributed by atoms with Gasteiger partial charge in [-0.3, -0.25) is 14.9 Å².